The molecule has 0 heterocycles. The number of hydrogen-bond acceptors (Lipinski definition) is 2. The van der Waals surface area contributed by atoms with Gasteiger partial charge in [-0.25, -0.2) is 0 Å². The predicted molar refractivity (Wildman–Crippen MR) is 90.5 cm³/mol. The van der Waals surface area contributed by atoms with Gasteiger partial charge in [-0.2, -0.15) is 0 Å². The second-order valence-corrected chi connectivity index (χ2v) is 5.40. The number of rotatable bonds is 6. The molecule has 0 spiro atoms. The van der Waals surface area contributed by atoms with Crippen LogP contribution in [0.2, 0.25) is 0 Å². The lowest BCUT2D eigenvalue weighted by Crippen LogP contribution is -2.27. The van der Waals surface area contributed by atoms with E-state index in [1.807, 2.05) is 37.3 Å². The average molecular weight is 289 g/mol. The van der Waals surface area contributed by atoms with Crippen LogP contribution in [-0.2, 0) is 0 Å². The molecule has 0 aliphatic heterocycles. The lowest BCUT2D eigenvalue weighted by molar-refractivity contribution is 0.333. The van der Waals surface area contributed by atoms with Crippen LogP contribution in [0.1, 0.15) is 32.8 Å². The van der Waals surface area contributed by atoms with Crippen LogP contribution in [0, 0.1) is 5.92 Å². The number of aliphatic hydroxyl groups excluding tert-OH is 1. The fourth-order valence-corrected chi connectivity index (χ4v) is 2.05. The van der Waals surface area contributed by atoms with Gasteiger partial charge in [-0.3, -0.25) is 0 Å². The van der Waals surface area contributed by atoms with Crippen LogP contribution in [-0.4, -0.2) is 16.7 Å². The highest BCUT2D eigenvalue weighted by Gasteiger charge is 2.14. The summed E-state index contributed by atoms with van der Waals surface area (Å²) in [4.78, 5) is 0.790. The predicted octanol–water partition coefficient (Wildman–Crippen LogP) is 3.93. The summed E-state index contributed by atoms with van der Waals surface area (Å²) in [6, 6.07) is 9.90. The molecule has 0 bridgehead atoms. The Hall–Kier alpha value is -1.45. The SMILES string of the molecule is C=C(C)/C(CO)=C(\NC(=S)C(C)CC)c1ccccc1. The van der Waals surface area contributed by atoms with Gasteiger partial charge in [-0.1, -0.05) is 68.5 Å². The second-order valence-electron chi connectivity index (χ2n) is 4.96. The summed E-state index contributed by atoms with van der Waals surface area (Å²) >= 11 is 5.45. The third-order valence-corrected chi connectivity index (χ3v) is 3.85. The van der Waals surface area contributed by atoms with Crippen LogP contribution in [0.3, 0.4) is 0 Å². The molecule has 20 heavy (non-hydrogen) atoms. The standard InChI is InChI=1S/C17H23NOS/c1-5-13(4)17(20)18-16(15(11-19)12(2)3)14-9-7-6-8-10-14/h6-10,13,19H,2,5,11H2,1,3-4H3,(H,18,20)/b16-15-. The summed E-state index contributed by atoms with van der Waals surface area (Å²) in [5, 5.41) is 12.9. The van der Waals surface area contributed by atoms with Crippen LogP contribution < -0.4 is 5.32 Å². The maximum absolute atomic E-state index is 9.63. The number of nitrogens with one attached hydrogen (secondary N) is 1. The summed E-state index contributed by atoms with van der Waals surface area (Å²) in [5.74, 6) is 0.300. The number of benzene rings is 1. The quantitative estimate of drug-likeness (QED) is 0.615. The Bertz CT molecular complexity index is 505. The van der Waals surface area contributed by atoms with Gasteiger partial charge < -0.3 is 10.4 Å². The van der Waals surface area contributed by atoms with E-state index in [0.29, 0.717) is 5.92 Å². The second kappa shape index (κ2) is 7.98. The Morgan fingerprint density at radius 2 is 1.95 bits per heavy atom. The molecule has 3 heteroatoms. The highest BCUT2D eigenvalue weighted by atomic mass is 32.1. The monoisotopic (exact) mass is 289 g/mol. The molecule has 0 aliphatic carbocycles. The van der Waals surface area contributed by atoms with Crippen LogP contribution >= 0.6 is 12.2 Å². The Morgan fingerprint density at radius 3 is 2.40 bits per heavy atom. The lowest BCUT2D eigenvalue weighted by atomic mass is 10.0. The van der Waals surface area contributed by atoms with Gasteiger partial charge in [0.1, 0.15) is 0 Å². The molecule has 0 aromatic heterocycles. The third kappa shape index (κ3) is 4.29. The van der Waals surface area contributed by atoms with E-state index < -0.39 is 0 Å². The van der Waals surface area contributed by atoms with Gasteiger partial charge in [0.15, 0.2) is 0 Å². The van der Waals surface area contributed by atoms with Gasteiger partial charge >= 0.3 is 0 Å². The van der Waals surface area contributed by atoms with Crippen molar-refractivity contribution in [2.24, 2.45) is 5.92 Å². The first-order valence-corrected chi connectivity index (χ1v) is 7.28. The zero-order chi connectivity index (χ0) is 15.1. The highest BCUT2D eigenvalue weighted by Crippen LogP contribution is 2.21. The highest BCUT2D eigenvalue weighted by molar-refractivity contribution is 7.80. The van der Waals surface area contributed by atoms with Gasteiger partial charge in [0, 0.05) is 11.5 Å². The molecule has 1 aromatic rings. The molecular formula is C17H23NOS. The minimum atomic E-state index is -0.0598. The Balaban J connectivity index is 3.22. The van der Waals surface area contributed by atoms with Crippen LogP contribution in [0.25, 0.3) is 5.70 Å². The molecule has 0 fully saturated rings. The van der Waals surface area contributed by atoms with Gasteiger partial charge in [0.2, 0.25) is 0 Å². The van der Waals surface area contributed by atoms with Crippen molar-refractivity contribution in [3.05, 3.63) is 53.6 Å². The largest absolute Gasteiger partial charge is 0.392 e. The number of aliphatic hydroxyl groups is 1. The minimum Gasteiger partial charge on any atom is -0.392 e. The average Bonchev–Trinajstić information content (AvgIpc) is 2.46. The zero-order valence-electron chi connectivity index (χ0n) is 12.4. The fourth-order valence-electron chi connectivity index (χ4n) is 1.79. The maximum Gasteiger partial charge on any atom is 0.0826 e. The molecule has 1 unspecified atom stereocenters. The van der Waals surface area contributed by atoms with Gasteiger partial charge in [-0.05, 0) is 18.9 Å². The molecule has 0 amide bonds. The molecule has 2 nitrogen and oxygen atoms in total. The van der Waals surface area contributed by atoms with E-state index in [-0.39, 0.29) is 6.61 Å². The Kier molecular flexibility index (Phi) is 6.62. The van der Waals surface area contributed by atoms with Crippen molar-refractivity contribution in [1.82, 2.24) is 5.32 Å². The number of thiocarbonyl (C=S) groups is 1. The summed E-state index contributed by atoms with van der Waals surface area (Å²) < 4.78 is 0. The normalized spacial score (nSPS) is 13.4. The van der Waals surface area contributed by atoms with Gasteiger partial charge in [0.25, 0.3) is 0 Å². The zero-order valence-corrected chi connectivity index (χ0v) is 13.3. The molecule has 0 radical (unpaired) electrons. The van der Waals surface area contributed by atoms with Crippen molar-refractivity contribution in [2.75, 3.05) is 6.61 Å². The molecule has 1 atom stereocenters. The molecule has 108 valence electrons. The molecular weight excluding hydrogens is 266 g/mol. The van der Waals surface area contributed by atoms with E-state index in [9.17, 15) is 5.11 Å². The minimum absolute atomic E-state index is 0.0598. The topological polar surface area (TPSA) is 32.3 Å². The van der Waals surface area contributed by atoms with Crippen molar-refractivity contribution < 1.29 is 5.11 Å². The smallest absolute Gasteiger partial charge is 0.0826 e. The van der Waals surface area contributed by atoms with Crippen molar-refractivity contribution in [1.29, 1.82) is 0 Å². The van der Waals surface area contributed by atoms with Crippen molar-refractivity contribution in [2.45, 2.75) is 27.2 Å². The van der Waals surface area contributed by atoms with Gasteiger partial charge in [-0.15, -0.1) is 0 Å². The third-order valence-electron chi connectivity index (χ3n) is 3.35. The summed E-state index contributed by atoms with van der Waals surface area (Å²) in [6.07, 6.45) is 0.982. The maximum atomic E-state index is 9.63. The van der Waals surface area contributed by atoms with Crippen LogP contribution in [0.5, 0.6) is 0 Å². The lowest BCUT2D eigenvalue weighted by Gasteiger charge is -2.20. The fraction of sp³-hybridized carbons (Fsp3) is 0.353. The molecule has 1 rings (SSSR count). The van der Waals surface area contributed by atoms with E-state index in [0.717, 1.165) is 33.8 Å². The Morgan fingerprint density at radius 1 is 1.35 bits per heavy atom. The molecule has 1 aromatic carbocycles. The van der Waals surface area contributed by atoms with Crippen molar-refractivity contribution in [3.63, 3.8) is 0 Å². The van der Waals surface area contributed by atoms with E-state index in [4.69, 9.17) is 12.2 Å². The van der Waals surface area contributed by atoms with E-state index in [1.165, 1.54) is 0 Å². The summed E-state index contributed by atoms with van der Waals surface area (Å²) in [5.41, 5.74) is 3.49. The Labute approximate surface area is 127 Å². The van der Waals surface area contributed by atoms with Gasteiger partial charge in [0.05, 0.1) is 17.3 Å². The molecule has 0 saturated heterocycles. The van der Waals surface area contributed by atoms with Crippen molar-refractivity contribution >= 4 is 22.9 Å². The van der Waals surface area contributed by atoms with Crippen molar-refractivity contribution in [3.8, 4) is 0 Å². The van der Waals surface area contributed by atoms with Crippen LogP contribution in [0.4, 0.5) is 0 Å². The summed E-state index contributed by atoms with van der Waals surface area (Å²) in [6.45, 7) is 9.98. The summed E-state index contributed by atoms with van der Waals surface area (Å²) in [7, 11) is 0. The van der Waals surface area contributed by atoms with E-state index in [2.05, 4.69) is 25.7 Å². The number of hydrogen-bond donors (Lipinski definition) is 2. The van der Waals surface area contributed by atoms with Crippen LogP contribution in [0.15, 0.2) is 48.1 Å². The molecule has 0 aliphatic rings. The van der Waals surface area contributed by atoms with E-state index >= 15 is 0 Å². The first-order valence-electron chi connectivity index (χ1n) is 6.87. The molecule has 2 N–H and O–H groups in total. The van der Waals surface area contributed by atoms with E-state index in [1.54, 1.807) is 0 Å². The first kappa shape index (κ1) is 16.6. The molecule has 0 saturated carbocycles. The first-order chi connectivity index (χ1) is 9.51.